The van der Waals surface area contributed by atoms with Crippen LogP contribution in [0.4, 0.5) is 0 Å². The first-order chi connectivity index (χ1) is 13.6. The summed E-state index contributed by atoms with van der Waals surface area (Å²) in [6, 6.07) is 26.5. The van der Waals surface area contributed by atoms with Crippen LogP contribution in [-0.4, -0.2) is 5.78 Å². The van der Waals surface area contributed by atoms with E-state index >= 15 is 0 Å². The Hall–Kier alpha value is -2.93. The summed E-state index contributed by atoms with van der Waals surface area (Å²) in [5.41, 5.74) is 8.10. The van der Waals surface area contributed by atoms with Crippen LogP contribution in [-0.2, 0) is 11.2 Å². The van der Waals surface area contributed by atoms with Crippen LogP contribution >= 0.6 is 0 Å². The fraction of sp³-hybridized carbons (Fsp3) is 0.222. The maximum absolute atomic E-state index is 11.2. The Morgan fingerprint density at radius 2 is 1.68 bits per heavy atom. The van der Waals surface area contributed by atoms with Crippen molar-refractivity contribution in [2.24, 2.45) is 0 Å². The highest BCUT2D eigenvalue weighted by molar-refractivity contribution is 5.91. The average molecular weight is 367 g/mol. The van der Waals surface area contributed by atoms with Crippen molar-refractivity contribution in [1.82, 2.24) is 0 Å². The van der Waals surface area contributed by atoms with Gasteiger partial charge in [0.1, 0.15) is 0 Å². The van der Waals surface area contributed by atoms with E-state index in [1.807, 2.05) is 6.08 Å². The molecule has 1 nitrogen and oxygen atoms in total. The van der Waals surface area contributed by atoms with E-state index in [9.17, 15) is 4.79 Å². The minimum atomic E-state index is 0.0739. The van der Waals surface area contributed by atoms with Crippen molar-refractivity contribution in [1.29, 1.82) is 0 Å². The van der Waals surface area contributed by atoms with E-state index < -0.39 is 0 Å². The summed E-state index contributed by atoms with van der Waals surface area (Å²) >= 11 is 0. The molecule has 0 saturated heterocycles. The molecule has 1 heteroatoms. The number of hydrogen-bond acceptors (Lipinski definition) is 1. The molecule has 2 atom stereocenters. The maximum Gasteiger partial charge on any atom is 0.152 e. The lowest BCUT2D eigenvalue weighted by atomic mass is 9.69. The van der Waals surface area contributed by atoms with Crippen molar-refractivity contribution in [3.05, 3.63) is 112 Å². The first kappa shape index (κ1) is 18.4. The number of benzene rings is 3. The van der Waals surface area contributed by atoms with Gasteiger partial charge in [-0.1, -0.05) is 84.4 Å². The Morgan fingerprint density at radius 3 is 2.39 bits per heavy atom. The lowest BCUT2D eigenvalue weighted by Crippen LogP contribution is -2.20. The van der Waals surface area contributed by atoms with Crippen LogP contribution in [0.15, 0.2) is 78.9 Å². The summed E-state index contributed by atoms with van der Waals surface area (Å²) in [4.78, 5) is 11.2. The van der Waals surface area contributed by atoms with Crippen LogP contribution < -0.4 is 0 Å². The van der Waals surface area contributed by atoms with Crippen LogP contribution in [0.5, 0.6) is 0 Å². The number of ketones is 1. The van der Waals surface area contributed by atoms with Gasteiger partial charge in [-0.2, -0.15) is 0 Å². The van der Waals surface area contributed by atoms with E-state index in [0.29, 0.717) is 11.8 Å². The van der Waals surface area contributed by atoms with Crippen molar-refractivity contribution < 1.29 is 4.79 Å². The van der Waals surface area contributed by atoms with Gasteiger partial charge >= 0.3 is 0 Å². The minimum absolute atomic E-state index is 0.0739. The smallest absolute Gasteiger partial charge is 0.152 e. The second-order valence-corrected chi connectivity index (χ2v) is 7.85. The van der Waals surface area contributed by atoms with Gasteiger partial charge in [0.2, 0.25) is 0 Å². The quantitative estimate of drug-likeness (QED) is 0.484. The number of carbonyl (C=O) groups excluding carboxylic acids is 1. The third-order valence-electron chi connectivity index (χ3n) is 5.79. The minimum Gasteiger partial charge on any atom is -0.295 e. The van der Waals surface area contributed by atoms with Gasteiger partial charge in [-0.05, 0) is 66.5 Å². The molecular formula is C27H26O. The molecule has 4 rings (SSSR count). The summed E-state index contributed by atoms with van der Waals surface area (Å²) in [5, 5.41) is 0. The second-order valence-electron chi connectivity index (χ2n) is 7.85. The molecule has 0 saturated carbocycles. The third-order valence-corrected chi connectivity index (χ3v) is 5.79. The molecule has 0 amide bonds. The largest absolute Gasteiger partial charge is 0.295 e. The van der Waals surface area contributed by atoms with Gasteiger partial charge in [-0.25, -0.2) is 0 Å². The highest BCUT2D eigenvalue weighted by Gasteiger charge is 2.31. The Bertz CT molecular complexity index is 996. The molecular weight excluding hydrogens is 340 g/mol. The first-order valence-corrected chi connectivity index (χ1v) is 10.0. The van der Waals surface area contributed by atoms with E-state index in [2.05, 4.69) is 79.7 Å². The SMILES string of the molecule is CC(=O)/C=C/c1ccc(C2c3ccc(C)cc3CCC2c2ccccc2)cc1. The molecule has 0 bridgehead atoms. The molecule has 0 radical (unpaired) electrons. The topological polar surface area (TPSA) is 17.1 Å². The summed E-state index contributed by atoms with van der Waals surface area (Å²) in [6.45, 7) is 3.75. The van der Waals surface area contributed by atoms with Gasteiger partial charge in [0, 0.05) is 5.92 Å². The molecule has 0 fully saturated rings. The van der Waals surface area contributed by atoms with Crippen molar-refractivity contribution >= 4 is 11.9 Å². The molecule has 0 spiro atoms. The van der Waals surface area contributed by atoms with E-state index in [0.717, 1.165) is 18.4 Å². The number of carbonyl (C=O) groups is 1. The van der Waals surface area contributed by atoms with Crippen LogP contribution in [0.2, 0.25) is 0 Å². The standard InChI is InChI=1S/C27H26O/c1-19-8-16-26-24(18-19)15-17-25(22-6-4-3-5-7-22)27(26)23-13-11-21(12-14-23)10-9-20(2)28/h3-14,16,18,25,27H,15,17H2,1-2H3/b10-9+. The molecule has 2 unspecified atom stereocenters. The van der Waals surface area contributed by atoms with Gasteiger partial charge in [0.15, 0.2) is 5.78 Å². The normalized spacial score (nSPS) is 18.8. The predicted molar refractivity (Wildman–Crippen MR) is 117 cm³/mol. The van der Waals surface area contributed by atoms with E-state index in [4.69, 9.17) is 0 Å². The van der Waals surface area contributed by atoms with Crippen LogP contribution in [0.25, 0.3) is 6.08 Å². The van der Waals surface area contributed by atoms with Gasteiger partial charge in [-0.15, -0.1) is 0 Å². The van der Waals surface area contributed by atoms with Crippen molar-refractivity contribution in [2.45, 2.75) is 38.5 Å². The van der Waals surface area contributed by atoms with Gasteiger partial charge in [0.25, 0.3) is 0 Å². The zero-order valence-corrected chi connectivity index (χ0v) is 16.6. The molecule has 28 heavy (non-hydrogen) atoms. The summed E-state index contributed by atoms with van der Waals surface area (Å²) in [6.07, 6.45) is 5.81. The van der Waals surface area contributed by atoms with Crippen LogP contribution in [0, 0.1) is 6.92 Å². The zero-order chi connectivity index (χ0) is 19.5. The Kier molecular flexibility index (Phi) is 5.25. The maximum atomic E-state index is 11.2. The molecule has 0 aliphatic heterocycles. The molecule has 1 aliphatic carbocycles. The van der Waals surface area contributed by atoms with Gasteiger partial charge < -0.3 is 0 Å². The zero-order valence-electron chi connectivity index (χ0n) is 16.6. The molecule has 3 aromatic rings. The number of hydrogen-bond donors (Lipinski definition) is 0. The highest BCUT2D eigenvalue weighted by atomic mass is 16.1. The van der Waals surface area contributed by atoms with E-state index in [1.54, 1.807) is 13.0 Å². The average Bonchev–Trinajstić information content (AvgIpc) is 2.72. The van der Waals surface area contributed by atoms with E-state index in [1.165, 1.54) is 27.8 Å². The predicted octanol–water partition coefficient (Wildman–Crippen LogP) is 6.46. The molecule has 1 aliphatic rings. The van der Waals surface area contributed by atoms with E-state index in [-0.39, 0.29) is 5.78 Å². The number of rotatable bonds is 4. The van der Waals surface area contributed by atoms with Crippen LogP contribution in [0.3, 0.4) is 0 Å². The van der Waals surface area contributed by atoms with Gasteiger partial charge in [-0.3, -0.25) is 4.79 Å². The van der Waals surface area contributed by atoms with Crippen LogP contribution in [0.1, 0.15) is 58.6 Å². The molecule has 0 aromatic heterocycles. The Labute approximate surface area is 167 Å². The number of fused-ring (bicyclic) bond motifs is 1. The van der Waals surface area contributed by atoms with Gasteiger partial charge in [0.05, 0.1) is 0 Å². The van der Waals surface area contributed by atoms with Crippen molar-refractivity contribution in [2.75, 3.05) is 0 Å². The Balaban J connectivity index is 1.76. The fourth-order valence-electron chi connectivity index (χ4n) is 4.45. The summed E-state index contributed by atoms with van der Waals surface area (Å²) in [7, 11) is 0. The number of aryl methyl sites for hydroxylation is 2. The fourth-order valence-corrected chi connectivity index (χ4v) is 4.45. The third kappa shape index (κ3) is 3.84. The van der Waals surface area contributed by atoms with Crippen molar-refractivity contribution in [3.63, 3.8) is 0 Å². The summed E-state index contributed by atoms with van der Waals surface area (Å²) < 4.78 is 0. The summed E-state index contributed by atoms with van der Waals surface area (Å²) in [5.74, 6) is 0.914. The molecule has 0 heterocycles. The van der Waals surface area contributed by atoms with Crippen molar-refractivity contribution in [3.8, 4) is 0 Å². The second kappa shape index (κ2) is 7.98. The molecule has 140 valence electrons. The lowest BCUT2D eigenvalue weighted by Gasteiger charge is -2.35. The number of allylic oxidation sites excluding steroid dienone is 1. The first-order valence-electron chi connectivity index (χ1n) is 10.0. The highest BCUT2D eigenvalue weighted by Crippen LogP contribution is 2.46. The molecule has 3 aromatic carbocycles. The monoisotopic (exact) mass is 366 g/mol. The Morgan fingerprint density at radius 1 is 0.929 bits per heavy atom. The lowest BCUT2D eigenvalue weighted by molar-refractivity contribution is -0.112. The molecule has 0 N–H and O–H groups in total.